The van der Waals surface area contributed by atoms with E-state index < -0.39 is 0 Å². The lowest BCUT2D eigenvalue weighted by molar-refractivity contribution is -0.134. The molecule has 7 nitrogen and oxygen atoms in total. The van der Waals surface area contributed by atoms with Crippen LogP contribution < -0.4 is 10.9 Å². The number of aromatic nitrogens is 2. The summed E-state index contributed by atoms with van der Waals surface area (Å²) in [5.41, 5.74) is 1.03. The summed E-state index contributed by atoms with van der Waals surface area (Å²) in [4.78, 5) is 31.3. The van der Waals surface area contributed by atoms with Crippen molar-refractivity contribution in [1.29, 1.82) is 0 Å². The molecule has 0 aliphatic carbocycles. The van der Waals surface area contributed by atoms with Gasteiger partial charge in [0.2, 0.25) is 11.5 Å². The van der Waals surface area contributed by atoms with Crippen LogP contribution in [0.5, 0.6) is 0 Å². The molecule has 1 aliphatic heterocycles. The van der Waals surface area contributed by atoms with Gasteiger partial charge in [-0.15, -0.1) is 0 Å². The van der Waals surface area contributed by atoms with Gasteiger partial charge in [-0.3, -0.25) is 14.2 Å². The van der Waals surface area contributed by atoms with Crippen LogP contribution in [0.2, 0.25) is 0 Å². The van der Waals surface area contributed by atoms with Crippen molar-refractivity contribution in [1.82, 2.24) is 19.8 Å². The summed E-state index contributed by atoms with van der Waals surface area (Å²) in [5.74, 6) is -0.0802. The van der Waals surface area contributed by atoms with Crippen molar-refractivity contribution in [3.8, 4) is 0 Å². The SMILES string of the molecule is CC1CNCCN1C(=O)Cn1cnc2c(oc3ccccc32)c1=O. The van der Waals surface area contributed by atoms with E-state index in [1.54, 1.807) is 11.0 Å². The summed E-state index contributed by atoms with van der Waals surface area (Å²) in [7, 11) is 0. The van der Waals surface area contributed by atoms with Crippen LogP contribution in [-0.4, -0.2) is 46.0 Å². The van der Waals surface area contributed by atoms with E-state index in [-0.39, 0.29) is 29.6 Å². The Kier molecular flexibility index (Phi) is 3.57. The van der Waals surface area contributed by atoms with Crippen molar-refractivity contribution in [3.63, 3.8) is 0 Å². The fourth-order valence-electron chi connectivity index (χ4n) is 3.18. The molecule has 3 aromatic rings. The summed E-state index contributed by atoms with van der Waals surface area (Å²) in [6.45, 7) is 4.15. The van der Waals surface area contributed by atoms with Crippen LogP contribution in [0.15, 0.2) is 39.8 Å². The van der Waals surface area contributed by atoms with E-state index in [0.29, 0.717) is 17.6 Å². The molecule has 124 valence electrons. The number of carbonyl (C=O) groups excluding carboxylic acids is 1. The number of benzene rings is 1. The predicted molar refractivity (Wildman–Crippen MR) is 89.8 cm³/mol. The van der Waals surface area contributed by atoms with Gasteiger partial charge >= 0.3 is 0 Å². The molecule has 1 atom stereocenters. The zero-order valence-corrected chi connectivity index (χ0v) is 13.4. The molecule has 0 spiro atoms. The molecule has 1 saturated heterocycles. The second-order valence-corrected chi connectivity index (χ2v) is 6.09. The molecule has 1 aromatic carbocycles. The Bertz CT molecular complexity index is 975. The van der Waals surface area contributed by atoms with Gasteiger partial charge in [-0.2, -0.15) is 0 Å². The lowest BCUT2D eigenvalue weighted by Crippen LogP contribution is -2.53. The van der Waals surface area contributed by atoms with Crippen LogP contribution in [0.4, 0.5) is 0 Å². The van der Waals surface area contributed by atoms with Gasteiger partial charge in [-0.1, -0.05) is 12.1 Å². The number of hydrogen-bond acceptors (Lipinski definition) is 5. The Labute approximate surface area is 137 Å². The van der Waals surface area contributed by atoms with Crippen molar-refractivity contribution >= 4 is 28.0 Å². The highest BCUT2D eigenvalue weighted by Gasteiger charge is 2.24. The lowest BCUT2D eigenvalue weighted by atomic mass is 10.2. The first kappa shape index (κ1) is 14.9. The van der Waals surface area contributed by atoms with E-state index in [0.717, 1.165) is 18.5 Å². The van der Waals surface area contributed by atoms with Crippen LogP contribution in [0.3, 0.4) is 0 Å². The van der Waals surface area contributed by atoms with Crippen LogP contribution in [-0.2, 0) is 11.3 Å². The number of furan rings is 1. The molecule has 7 heteroatoms. The van der Waals surface area contributed by atoms with Gasteiger partial charge in [0.1, 0.15) is 17.6 Å². The van der Waals surface area contributed by atoms with E-state index in [1.807, 2.05) is 25.1 Å². The topological polar surface area (TPSA) is 80.4 Å². The van der Waals surface area contributed by atoms with Crippen LogP contribution >= 0.6 is 0 Å². The highest BCUT2D eigenvalue weighted by molar-refractivity contribution is 6.01. The molecule has 0 radical (unpaired) electrons. The molecule has 1 unspecified atom stereocenters. The third kappa shape index (κ3) is 2.37. The van der Waals surface area contributed by atoms with Gasteiger partial charge in [0.15, 0.2) is 0 Å². The van der Waals surface area contributed by atoms with Gasteiger partial charge in [0.05, 0.1) is 6.33 Å². The van der Waals surface area contributed by atoms with Crippen molar-refractivity contribution in [2.45, 2.75) is 19.5 Å². The molecule has 1 fully saturated rings. The van der Waals surface area contributed by atoms with E-state index >= 15 is 0 Å². The third-order valence-corrected chi connectivity index (χ3v) is 4.48. The fraction of sp³-hybridized carbons (Fsp3) is 0.353. The minimum Gasteiger partial charge on any atom is -0.448 e. The number of rotatable bonds is 2. The minimum atomic E-state index is -0.327. The summed E-state index contributed by atoms with van der Waals surface area (Å²) < 4.78 is 6.96. The van der Waals surface area contributed by atoms with Crippen molar-refractivity contribution < 1.29 is 9.21 Å². The monoisotopic (exact) mass is 326 g/mol. The molecule has 0 bridgehead atoms. The standard InChI is InChI=1S/C17H18N4O3/c1-11-8-18-6-7-21(11)14(22)9-20-10-19-15-12-4-2-3-5-13(12)24-16(15)17(20)23/h2-5,10-11,18H,6-9H2,1H3. The van der Waals surface area contributed by atoms with Crippen LogP contribution in [0, 0.1) is 0 Å². The first-order valence-corrected chi connectivity index (χ1v) is 8.02. The smallest absolute Gasteiger partial charge is 0.297 e. The first-order valence-electron chi connectivity index (χ1n) is 8.02. The molecular formula is C17H18N4O3. The Hall–Kier alpha value is -2.67. The van der Waals surface area contributed by atoms with E-state index in [4.69, 9.17) is 4.42 Å². The largest absolute Gasteiger partial charge is 0.448 e. The van der Waals surface area contributed by atoms with Gasteiger partial charge < -0.3 is 14.6 Å². The molecule has 1 aliphatic rings. The second-order valence-electron chi connectivity index (χ2n) is 6.09. The molecular weight excluding hydrogens is 308 g/mol. The maximum atomic E-state index is 12.6. The molecule has 1 amide bonds. The predicted octanol–water partition coefficient (Wildman–Crippen LogP) is 0.963. The molecule has 24 heavy (non-hydrogen) atoms. The molecule has 4 rings (SSSR count). The highest BCUT2D eigenvalue weighted by atomic mass is 16.3. The quantitative estimate of drug-likeness (QED) is 0.759. The van der Waals surface area contributed by atoms with E-state index in [9.17, 15) is 9.59 Å². The molecule has 2 aromatic heterocycles. The Morgan fingerprint density at radius 1 is 1.42 bits per heavy atom. The molecule has 1 N–H and O–H groups in total. The Morgan fingerprint density at radius 3 is 3.08 bits per heavy atom. The summed E-state index contributed by atoms with van der Waals surface area (Å²) in [6.07, 6.45) is 1.43. The molecule has 0 saturated carbocycles. The third-order valence-electron chi connectivity index (χ3n) is 4.48. The number of nitrogens with one attached hydrogen (secondary N) is 1. The number of carbonyl (C=O) groups is 1. The van der Waals surface area contributed by atoms with Gasteiger partial charge in [0, 0.05) is 31.1 Å². The number of piperazine rings is 1. The normalized spacial score (nSPS) is 18.4. The van der Waals surface area contributed by atoms with Crippen molar-refractivity contribution in [3.05, 3.63) is 40.9 Å². The zero-order chi connectivity index (χ0) is 16.7. The summed E-state index contributed by atoms with van der Waals surface area (Å²) in [5, 5.41) is 4.05. The lowest BCUT2D eigenvalue weighted by Gasteiger charge is -2.34. The summed E-state index contributed by atoms with van der Waals surface area (Å²) >= 11 is 0. The minimum absolute atomic E-state index is 0.0246. The Morgan fingerprint density at radius 2 is 2.25 bits per heavy atom. The molecule has 3 heterocycles. The average Bonchev–Trinajstić information content (AvgIpc) is 2.97. The summed E-state index contributed by atoms with van der Waals surface area (Å²) in [6, 6.07) is 7.50. The van der Waals surface area contributed by atoms with E-state index in [2.05, 4.69) is 10.3 Å². The van der Waals surface area contributed by atoms with Crippen LogP contribution in [0.25, 0.3) is 22.1 Å². The van der Waals surface area contributed by atoms with Gasteiger partial charge in [0.25, 0.3) is 5.56 Å². The van der Waals surface area contributed by atoms with Gasteiger partial charge in [-0.25, -0.2) is 4.98 Å². The maximum Gasteiger partial charge on any atom is 0.297 e. The number of nitrogens with zero attached hydrogens (tertiary/aromatic N) is 3. The van der Waals surface area contributed by atoms with Gasteiger partial charge in [-0.05, 0) is 19.1 Å². The maximum absolute atomic E-state index is 12.6. The number of amides is 1. The first-order chi connectivity index (χ1) is 11.6. The fourth-order valence-corrected chi connectivity index (χ4v) is 3.18. The second kappa shape index (κ2) is 5.76. The highest BCUT2D eigenvalue weighted by Crippen LogP contribution is 2.24. The van der Waals surface area contributed by atoms with Crippen molar-refractivity contribution in [2.24, 2.45) is 0 Å². The van der Waals surface area contributed by atoms with Crippen LogP contribution in [0.1, 0.15) is 6.92 Å². The zero-order valence-electron chi connectivity index (χ0n) is 13.4. The number of hydrogen-bond donors (Lipinski definition) is 1. The number of para-hydroxylation sites is 1. The van der Waals surface area contributed by atoms with E-state index in [1.165, 1.54) is 10.9 Å². The Balaban J connectivity index is 1.70. The van der Waals surface area contributed by atoms with Crippen molar-refractivity contribution in [2.75, 3.05) is 19.6 Å². The average molecular weight is 326 g/mol. The number of fused-ring (bicyclic) bond motifs is 3.